The number of rotatable bonds is 7. The van der Waals surface area contributed by atoms with Gasteiger partial charge in [0.05, 0.1) is 12.3 Å². The maximum absolute atomic E-state index is 12.2. The van der Waals surface area contributed by atoms with Gasteiger partial charge < -0.3 is 9.47 Å². The molecule has 0 bridgehead atoms. The van der Waals surface area contributed by atoms with Gasteiger partial charge in [0.2, 0.25) is 0 Å². The van der Waals surface area contributed by atoms with Crippen LogP contribution < -0.4 is 14.8 Å². The SMILES string of the molecule is CCOc1ccc(-c2csc(NC(=O)COc3cccc(C)c3C)n2)cc1. The van der Waals surface area contributed by atoms with E-state index in [1.807, 2.05) is 68.6 Å². The van der Waals surface area contributed by atoms with E-state index < -0.39 is 0 Å². The Morgan fingerprint density at radius 1 is 1.11 bits per heavy atom. The summed E-state index contributed by atoms with van der Waals surface area (Å²) in [7, 11) is 0. The Hall–Kier alpha value is -2.86. The molecule has 1 amide bonds. The van der Waals surface area contributed by atoms with Crippen molar-refractivity contribution < 1.29 is 14.3 Å². The third-order valence-electron chi connectivity index (χ3n) is 4.13. The first-order valence-electron chi connectivity index (χ1n) is 8.74. The van der Waals surface area contributed by atoms with Gasteiger partial charge in [-0.1, -0.05) is 12.1 Å². The van der Waals surface area contributed by atoms with E-state index in [0.29, 0.717) is 11.7 Å². The highest BCUT2D eigenvalue weighted by Gasteiger charge is 2.10. The number of carbonyl (C=O) groups is 1. The Bertz CT molecular complexity index is 919. The number of carbonyl (C=O) groups excluding carboxylic acids is 1. The molecule has 3 aromatic rings. The Labute approximate surface area is 163 Å². The third kappa shape index (κ3) is 4.86. The van der Waals surface area contributed by atoms with Crippen LogP contribution >= 0.6 is 11.3 Å². The zero-order valence-corrected chi connectivity index (χ0v) is 16.4. The number of nitrogens with one attached hydrogen (secondary N) is 1. The molecular formula is C21H22N2O3S. The van der Waals surface area contributed by atoms with E-state index in [4.69, 9.17) is 9.47 Å². The summed E-state index contributed by atoms with van der Waals surface area (Å²) in [5.74, 6) is 1.32. The highest BCUT2D eigenvalue weighted by atomic mass is 32.1. The van der Waals surface area contributed by atoms with Crippen molar-refractivity contribution in [3.05, 3.63) is 59.0 Å². The zero-order valence-electron chi connectivity index (χ0n) is 15.6. The molecule has 1 N–H and O–H groups in total. The highest BCUT2D eigenvalue weighted by Crippen LogP contribution is 2.26. The van der Waals surface area contributed by atoms with E-state index >= 15 is 0 Å². The van der Waals surface area contributed by atoms with E-state index in [1.54, 1.807) is 0 Å². The van der Waals surface area contributed by atoms with Gasteiger partial charge in [-0.3, -0.25) is 10.1 Å². The second-order valence-electron chi connectivity index (χ2n) is 6.03. The summed E-state index contributed by atoms with van der Waals surface area (Å²) in [6, 6.07) is 13.5. The lowest BCUT2D eigenvalue weighted by Crippen LogP contribution is -2.20. The van der Waals surface area contributed by atoms with E-state index in [1.165, 1.54) is 11.3 Å². The summed E-state index contributed by atoms with van der Waals surface area (Å²) >= 11 is 1.38. The molecule has 0 aliphatic heterocycles. The molecule has 5 nitrogen and oxygen atoms in total. The highest BCUT2D eigenvalue weighted by molar-refractivity contribution is 7.14. The normalized spacial score (nSPS) is 10.5. The summed E-state index contributed by atoms with van der Waals surface area (Å²) < 4.78 is 11.1. The molecule has 0 unspecified atom stereocenters. The van der Waals surface area contributed by atoms with E-state index in [2.05, 4.69) is 10.3 Å². The predicted molar refractivity (Wildman–Crippen MR) is 109 cm³/mol. The average Bonchev–Trinajstić information content (AvgIpc) is 3.12. The minimum atomic E-state index is -0.233. The fourth-order valence-electron chi connectivity index (χ4n) is 2.53. The number of hydrogen-bond acceptors (Lipinski definition) is 5. The average molecular weight is 382 g/mol. The van der Waals surface area contributed by atoms with Gasteiger partial charge in [0.15, 0.2) is 11.7 Å². The number of thiazole rings is 1. The number of anilines is 1. The lowest BCUT2D eigenvalue weighted by molar-refractivity contribution is -0.118. The van der Waals surface area contributed by atoms with Crippen molar-refractivity contribution in [1.82, 2.24) is 4.98 Å². The van der Waals surface area contributed by atoms with E-state index in [0.717, 1.165) is 33.9 Å². The van der Waals surface area contributed by atoms with Crippen molar-refractivity contribution in [3.8, 4) is 22.8 Å². The topological polar surface area (TPSA) is 60.5 Å². The predicted octanol–water partition coefficient (Wildman–Crippen LogP) is 4.84. The van der Waals surface area contributed by atoms with Gasteiger partial charge in [0.1, 0.15) is 11.5 Å². The molecule has 0 radical (unpaired) electrons. The van der Waals surface area contributed by atoms with Crippen LogP contribution in [-0.2, 0) is 4.79 Å². The molecule has 1 aromatic heterocycles. The van der Waals surface area contributed by atoms with Gasteiger partial charge >= 0.3 is 0 Å². The fourth-order valence-corrected chi connectivity index (χ4v) is 3.27. The summed E-state index contributed by atoms with van der Waals surface area (Å²) in [6.45, 7) is 6.53. The van der Waals surface area contributed by atoms with Gasteiger partial charge in [0, 0.05) is 10.9 Å². The fraction of sp³-hybridized carbons (Fsp3) is 0.238. The maximum Gasteiger partial charge on any atom is 0.264 e. The van der Waals surface area contributed by atoms with Crippen LogP contribution in [-0.4, -0.2) is 24.1 Å². The molecule has 0 atom stereocenters. The maximum atomic E-state index is 12.2. The molecule has 0 saturated carbocycles. The lowest BCUT2D eigenvalue weighted by atomic mass is 10.1. The second-order valence-corrected chi connectivity index (χ2v) is 6.89. The first kappa shape index (κ1) is 18.9. The van der Waals surface area contributed by atoms with Crippen molar-refractivity contribution >= 4 is 22.4 Å². The smallest absolute Gasteiger partial charge is 0.264 e. The summed E-state index contributed by atoms with van der Waals surface area (Å²) in [4.78, 5) is 16.6. The summed E-state index contributed by atoms with van der Waals surface area (Å²) in [6.07, 6.45) is 0. The molecule has 6 heteroatoms. The van der Waals surface area contributed by atoms with Crippen LogP contribution in [0.25, 0.3) is 11.3 Å². The molecule has 0 fully saturated rings. The number of aromatic nitrogens is 1. The van der Waals surface area contributed by atoms with Crippen LogP contribution in [0.1, 0.15) is 18.1 Å². The van der Waals surface area contributed by atoms with Gasteiger partial charge in [-0.15, -0.1) is 11.3 Å². The Balaban J connectivity index is 1.58. The van der Waals surface area contributed by atoms with E-state index in [9.17, 15) is 4.79 Å². The minimum absolute atomic E-state index is 0.0533. The molecule has 0 saturated heterocycles. The molecule has 0 aliphatic carbocycles. The molecule has 0 aliphatic rings. The van der Waals surface area contributed by atoms with Crippen LogP contribution in [0, 0.1) is 13.8 Å². The standard InChI is InChI=1S/C21H22N2O3S/c1-4-25-17-10-8-16(9-11-17)18-13-27-21(22-18)23-20(24)12-26-19-7-5-6-14(2)15(19)3/h5-11,13H,4,12H2,1-3H3,(H,22,23,24). The number of ether oxygens (including phenoxy) is 2. The third-order valence-corrected chi connectivity index (χ3v) is 4.88. The van der Waals surface area contributed by atoms with Gasteiger partial charge in [-0.05, 0) is 62.2 Å². The Morgan fingerprint density at radius 2 is 1.89 bits per heavy atom. The summed E-state index contributed by atoms with van der Waals surface area (Å²) in [5, 5.41) is 5.25. The van der Waals surface area contributed by atoms with Crippen LogP contribution in [0.5, 0.6) is 11.5 Å². The van der Waals surface area contributed by atoms with Gasteiger partial charge in [-0.25, -0.2) is 4.98 Å². The van der Waals surface area contributed by atoms with Crippen LogP contribution in [0.15, 0.2) is 47.8 Å². The van der Waals surface area contributed by atoms with Crippen molar-refractivity contribution in [1.29, 1.82) is 0 Å². The number of amides is 1. The monoisotopic (exact) mass is 382 g/mol. The zero-order chi connectivity index (χ0) is 19.2. The summed E-state index contributed by atoms with van der Waals surface area (Å²) in [5.41, 5.74) is 3.96. The van der Waals surface area contributed by atoms with Gasteiger partial charge in [0.25, 0.3) is 5.91 Å². The molecule has 3 rings (SSSR count). The largest absolute Gasteiger partial charge is 0.494 e. The van der Waals surface area contributed by atoms with Crippen molar-refractivity contribution in [2.75, 3.05) is 18.5 Å². The molecule has 140 valence electrons. The van der Waals surface area contributed by atoms with Crippen LogP contribution in [0.4, 0.5) is 5.13 Å². The first-order chi connectivity index (χ1) is 13.1. The number of benzene rings is 2. The quantitative estimate of drug-likeness (QED) is 0.635. The van der Waals surface area contributed by atoms with Crippen molar-refractivity contribution in [2.24, 2.45) is 0 Å². The molecular weight excluding hydrogens is 360 g/mol. The number of hydrogen-bond donors (Lipinski definition) is 1. The first-order valence-corrected chi connectivity index (χ1v) is 9.62. The minimum Gasteiger partial charge on any atom is -0.494 e. The molecule has 27 heavy (non-hydrogen) atoms. The van der Waals surface area contributed by atoms with Crippen molar-refractivity contribution in [2.45, 2.75) is 20.8 Å². The second kappa shape index (κ2) is 8.68. The van der Waals surface area contributed by atoms with E-state index in [-0.39, 0.29) is 12.5 Å². The molecule has 0 spiro atoms. The van der Waals surface area contributed by atoms with Gasteiger partial charge in [-0.2, -0.15) is 0 Å². The number of nitrogens with zero attached hydrogens (tertiary/aromatic N) is 1. The molecule has 2 aromatic carbocycles. The molecule has 1 heterocycles. The van der Waals surface area contributed by atoms with Crippen LogP contribution in [0.3, 0.4) is 0 Å². The van der Waals surface area contributed by atoms with Crippen LogP contribution in [0.2, 0.25) is 0 Å². The van der Waals surface area contributed by atoms with Crippen molar-refractivity contribution in [3.63, 3.8) is 0 Å². The Morgan fingerprint density at radius 3 is 2.63 bits per heavy atom. The lowest BCUT2D eigenvalue weighted by Gasteiger charge is -2.10. The number of aryl methyl sites for hydroxylation is 1. The Kier molecular flexibility index (Phi) is 6.08.